The highest BCUT2D eigenvalue weighted by Crippen LogP contribution is 2.26. The van der Waals surface area contributed by atoms with E-state index in [0.29, 0.717) is 29.3 Å². The van der Waals surface area contributed by atoms with Crippen molar-refractivity contribution in [3.63, 3.8) is 0 Å². The summed E-state index contributed by atoms with van der Waals surface area (Å²) in [5, 5.41) is 8.73. The molecule has 1 aliphatic carbocycles. The predicted octanol–water partition coefficient (Wildman–Crippen LogP) is 3.34. The molecule has 0 radical (unpaired) electrons. The van der Waals surface area contributed by atoms with Crippen molar-refractivity contribution in [3.8, 4) is 11.3 Å². The quantitative estimate of drug-likeness (QED) is 0.513. The maximum absolute atomic E-state index is 11.8. The molecule has 0 atom stereocenters. The molecular formula is C25H31N7O2S. The van der Waals surface area contributed by atoms with Crippen molar-refractivity contribution in [1.82, 2.24) is 24.8 Å². The van der Waals surface area contributed by atoms with Crippen molar-refractivity contribution in [3.05, 3.63) is 59.8 Å². The summed E-state index contributed by atoms with van der Waals surface area (Å²) in [4.78, 5) is 19.8. The minimum absolute atomic E-state index is 0.0556. The van der Waals surface area contributed by atoms with E-state index in [4.69, 9.17) is 5.14 Å². The van der Waals surface area contributed by atoms with Crippen LogP contribution < -0.4 is 10.5 Å². The number of sulfonamides is 1. The van der Waals surface area contributed by atoms with Crippen LogP contribution in [0.3, 0.4) is 0 Å². The number of aromatic nitrogens is 4. The number of nitrogens with two attached hydrogens (primary N) is 1. The van der Waals surface area contributed by atoms with Crippen molar-refractivity contribution < 1.29 is 8.42 Å². The summed E-state index contributed by atoms with van der Waals surface area (Å²) in [6, 6.07) is 6.36. The lowest BCUT2D eigenvalue weighted by atomic mass is 9.91. The second-order valence-electron chi connectivity index (χ2n) is 9.13. The van der Waals surface area contributed by atoms with Crippen LogP contribution in [-0.2, 0) is 10.0 Å². The molecule has 3 aromatic rings. The predicted molar refractivity (Wildman–Crippen MR) is 138 cm³/mol. The molecular weight excluding hydrogens is 462 g/mol. The number of anilines is 1. The third kappa shape index (κ3) is 6.47. The van der Waals surface area contributed by atoms with Gasteiger partial charge in [0.15, 0.2) is 0 Å². The highest BCUT2D eigenvalue weighted by Gasteiger charge is 2.22. The van der Waals surface area contributed by atoms with Crippen LogP contribution >= 0.6 is 0 Å². The lowest BCUT2D eigenvalue weighted by molar-refractivity contribution is 0.221. The molecule has 0 bridgehead atoms. The Bertz CT molecular complexity index is 1300. The van der Waals surface area contributed by atoms with Gasteiger partial charge in [0.25, 0.3) is 0 Å². The monoisotopic (exact) mass is 493 g/mol. The number of hydrogen-bond donors (Lipinski definition) is 2. The van der Waals surface area contributed by atoms with Gasteiger partial charge in [-0.25, -0.2) is 23.5 Å². The number of aryl methyl sites for hydroxylation is 1. The van der Waals surface area contributed by atoms with Gasteiger partial charge < -0.3 is 10.2 Å². The Morgan fingerprint density at radius 1 is 1.03 bits per heavy atom. The number of nitrogens with zero attached hydrogens (tertiary/aromatic N) is 5. The van der Waals surface area contributed by atoms with Crippen molar-refractivity contribution in [2.45, 2.75) is 49.6 Å². The van der Waals surface area contributed by atoms with Crippen LogP contribution in [0.2, 0.25) is 0 Å². The van der Waals surface area contributed by atoms with E-state index < -0.39 is 10.0 Å². The number of rotatable bonds is 7. The average molecular weight is 494 g/mol. The first kappa shape index (κ1) is 24.9. The lowest BCUT2D eigenvalue weighted by Gasteiger charge is -2.32. The molecule has 0 spiro atoms. The normalized spacial score (nSPS) is 18.8. The third-order valence-corrected chi connectivity index (χ3v) is 7.15. The van der Waals surface area contributed by atoms with Gasteiger partial charge in [0.1, 0.15) is 4.90 Å². The molecule has 1 saturated carbocycles. The van der Waals surface area contributed by atoms with E-state index in [1.54, 1.807) is 18.6 Å². The van der Waals surface area contributed by atoms with Gasteiger partial charge in [0, 0.05) is 59.3 Å². The van der Waals surface area contributed by atoms with Crippen LogP contribution in [0.5, 0.6) is 0 Å². The van der Waals surface area contributed by atoms with E-state index in [2.05, 4.69) is 44.2 Å². The minimum Gasteiger partial charge on any atom is -0.351 e. The zero-order valence-electron chi connectivity index (χ0n) is 20.2. The van der Waals surface area contributed by atoms with E-state index in [0.717, 1.165) is 29.7 Å². The van der Waals surface area contributed by atoms with Crippen LogP contribution in [0, 0.1) is 6.92 Å². The molecule has 3 N–H and O–H groups in total. The summed E-state index contributed by atoms with van der Waals surface area (Å²) in [5.41, 5.74) is 3.64. The molecule has 3 aromatic heterocycles. The van der Waals surface area contributed by atoms with E-state index in [9.17, 15) is 8.42 Å². The molecule has 35 heavy (non-hydrogen) atoms. The Kier molecular flexibility index (Phi) is 7.54. The summed E-state index contributed by atoms with van der Waals surface area (Å²) in [6.45, 7) is 1.88. The standard InChI is InChI=1S/C25H31N7O2S/c1-17-4-6-19(24(30-17)20-12-23(16-27-15-20)35(26,33)34)7-5-18-13-28-25(29-14-18)31-21-8-10-22(11-9-21)32(2)3/h4-7,12-16,21-22H,8-11H2,1-3H3,(H2,26,33,34)(H,28,29,31)/b7-5+. The fourth-order valence-corrected chi connectivity index (χ4v) is 4.74. The van der Waals surface area contributed by atoms with Crippen molar-refractivity contribution >= 4 is 28.1 Å². The van der Waals surface area contributed by atoms with E-state index in [1.165, 1.54) is 25.1 Å². The van der Waals surface area contributed by atoms with Crippen molar-refractivity contribution in [2.75, 3.05) is 19.4 Å². The highest BCUT2D eigenvalue weighted by molar-refractivity contribution is 7.89. The molecule has 0 aliphatic heterocycles. The molecule has 0 unspecified atom stereocenters. The molecule has 3 heterocycles. The Labute approximate surface area is 206 Å². The lowest BCUT2D eigenvalue weighted by Crippen LogP contribution is -2.36. The summed E-state index contributed by atoms with van der Waals surface area (Å²) < 4.78 is 23.5. The highest BCUT2D eigenvalue weighted by atomic mass is 32.2. The number of primary sulfonamides is 1. The van der Waals surface area contributed by atoms with Gasteiger partial charge in [0.2, 0.25) is 16.0 Å². The first-order valence-electron chi connectivity index (χ1n) is 11.6. The molecule has 0 aromatic carbocycles. The largest absolute Gasteiger partial charge is 0.351 e. The maximum atomic E-state index is 11.8. The summed E-state index contributed by atoms with van der Waals surface area (Å²) in [6.07, 6.45) is 14.7. The molecule has 1 aliphatic rings. The minimum atomic E-state index is -3.87. The first-order chi connectivity index (χ1) is 16.7. The smallest absolute Gasteiger partial charge is 0.239 e. The molecule has 10 heteroatoms. The van der Waals surface area contributed by atoms with Crippen molar-refractivity contribution in [2.24, 2.45) is 5.14 Å². The number of hydrogen-bond acceptors (Lipinski definition) is 8. The summed E-state index contributed by atoms with van der Waals surface area (Å²) in [5.74, 6) is 0.638. The van der Waals surface area contributed by atoms with Crippen LogP contribution in [0.15, 0.2) is 47.9 Å². The molecule has 1 fully saturated rings. The van der Waals surface area contributed by atoms with E-state index >= 15 is 0 Å². The summed E-state index contributed by atoms with van der Waals surface area (Å²) >= 11 is 0. The van der Waals surface area contributed by atoms with Gasteiger partial charge in [-0.15, -0.1) is 0 Å². The van der Waals surface area contributed by atoms with Crippen LogP contribution in [0.25, 0.3) is 23.4 Å². The van der Waals surface area contributed by atoms with Crippen molar-refractivity contribution in [1.29, 1.82) is 0 Å². The SMILES string of the molecule is Cc1ccc(/C=C/c2cnc(NC3CCC(N(C)C)CC3)nc2)c(-c2cncc(S(N)(=O)=O)c2)n1. The molecule has 0 saturated heterocycles. The Balaban J connectivity index is 1.48. The molecule has 9 nitrogen and oxygen atoms in total. The van der Waals surface area contributed by atoms with Gasteiger partial charge in [-0.05, 0) is 58.8 Å². The first-order valence-corrected chi connectivity index (χ1v) is 13.1. The Morgan fingerprint density at radius 2 is 1.74 bits per heavy atom. The average Bonchev–Trinajstić information content (AvgIpc) is 2.84. The van der Waals surface area contributed by atoms with Gasteiger partial charge in [-0.1, -0.05) is 18.2 Å². The topological polar surface area (TPSA) is 127 Å². The zero-order chi connectivity index (χ0) is 25.0. The third-order valence-electron chi connectivity index (χ3n) is 6.27. The van der Waals surface area contributed by atoms with Gasteiger partial charge in [-0.3, -0.25) is 9.97 Å². The van der Waals surface area contributed by atoms with E-state index in [-0.39, 0.29) is 4.90 Å². The fourth-order valence-electron chi connectivity index (χ4n) is 4.24. The zero-order valence-corrected chi connectivity index (χ0v) is 21.0. The fraction of sp³-hybridized carbons (Fsp3) is 0.360. The van der Waals surface area contributed by atoms with Crippen LogP contribution in [0.1, 0.15) is 42.5 Å². The maximum Gasteiger partial charge on any atom is 0.239 e. The second kappa shape index (κ2) is 10.6. The number of pyridine rings is 2. The van der Waals surface area contributed by atoms with E-state index in [1.807, 2.05) is 31.2 Å². The Morgan fingerprint density at radius 3 is 2.40 bits per heavy atom. The second-order valence-corrected chi connectivity index (χ2v) is 10.7. The van der Waals surface area contributed by atoms with Crippen LogP contribution in [-0.4, -0.2) is 59.4 Å². The van der Waals surface area contributed by atoms with Gasteiger partial charge in [-0.2, -0.15) is 0 Å². The molecule has 184 valence electrons. The Hall–Kier alpha value is -3.21. The molecule has 0 amide bonds. The van der Waals surface area contributed by atoms with Gasteiger partial charge >= 0.3 is 0 Å². The summed E-state index contributed by atoms with van der Waals surface area (Å²) in [7, 11) is 0.416. The van der Waals surface area contributed by atoms with Gasteiger partial charge in [0.05, 0.1) is 5.69 Å². The molecule has 4 rings (SSSR count). The number of nitrogens with one attached hydrogen (secondary N) is 1. The van der Waals surface area contributed by atoms with Crippen LogP contribution in [0.4, 0.5) is 5.95 Å².